The largest absolute Gasteiger partial charge is 0.345 e. The topological polar surface area (TPSA) is 33.5 Å². The normalized spacial score (nSPS) is 17.9. The Labute approximate surface area is 152 Å². The summed E-state index contributed by atoms with van der Waals surface area (Å²) in [5.41, 5.74) is 3.64. The van der Waals surface area contributed by atoms with E-state index in [0.717, 1.165) is 25.1 Å². The van der Waals surface area contributed by atoms with Gasteiger partial charge >= 0.3 is 0 Å². The van der Waals surface area contributed by atoms with Gasteiger partial charge in [-0.1, -0.05) is 53.5 Å². The summed E-state index contributed by atoms with van der Waals surface area (Å²) in [6.45, 7) is 4.30. The average Bonchev–Trinajstić information content (AvgIpc) is 2.54. The second-order valence-corrected chi connectivity index (χ2v) is 7.17. The maximum atomic E-state index is 12.4. The van der Waals surface area contributed by atoms with Crippen molar-refractivity contribution in [1.82, 2.24) is 5.32 Å². The minimum Gasteiger partial charge on any atom is -0.345 e. The zero-order valence-corrected chi connectivity index (χ0v) is 15.1. The van der Waals surface area contributed by atoms with E-state index in [4.69, 9.17) is 23.2 Å². The van der Waals surface area contributed by atoms with Crippen molar-refractivity contribution in [3.63, 3.8) is 0 Å². The van der Waals surface area contributed by atoms with Crippen LogP contribution in [0.15, 0.2) is 42.5 Å². The Kier molecular flexibility index (Phi) is 5.44. The third-order valence-corrected chi connectivity index (χ3v) is 5.09. The third-order valence-electron chi connectivity index (χ3n) is 4.52. The number of carbonyl (C=O) groups is 1. The van der Waals surface area contributed by atoms with E-state index in [0.29, 0.717) is 16.6 Å². The lowest BCUT2D eigenvalue weighted by molar-refractivity contribution is -0.908. The van der Waals surface area contributed by atoms with Gasteiger partial charge in [0.15, 0.2) is 6.54 Å². The lowest BCUT2D eigenvalue weighted by Crippen LogP contribution is -3.12. The molecule has 0 aliphatic carbocycles. The van der Waals surface area contributed by atoms with E-state index in [1.54, 1.807) is 12.1 Å². The van der Waals surface area contributed by atoms with Crippen molar-refractivity contribution < 1.29 is 9.69 Å². The Hall–Kier alpha value is -1.55. The molecule has 0 saturated carbocycles. The Bertz CT molecular complexity index is 748. The molecule has 126 valence electrons. The molecule has 1 amide bonds. The van der Waals surface area contributed by atoms with Crippen LogP contribution < -0.4 is 10.2 Å². The van der Waals surface area contributed by atoms with Crippen molar-refractivity contribution in [2.45, 2.75) is 25.9 Å². The van der Waals surface area contributed by atoms with Gasteiger partial charge in [-0.25, -0.2) is 0 Å². The molecule has 1 aliphatic heterocycles. The highest BCUT2D eigenvalue weighted by molar-refractivity contribution is 6.35. The molecule has 24 heavy (non-hydrogen) atoms. The second kappa shape index (κ2) is 7.56. The highest BCUT2D eigenvalue weighted by Crippen LogP contribution is 2.25. The molecule has 3 nitrogen and oxygen atoms in total. The molecule has 5 heteroatoms. The first-order valence-electron chi connectivity index (χ1n) is 8.17. The lowest BCUT2D eigenvalue weighted by Gasteiger charge is -2.26. The van der Waals surface area contributed by atoms with E-state index in [2.05, 4.69) is 29.6 Å². The fraction of sp³-hybridized carbons (Fsp3) is 0.316. The van der Waals surface area contributed by atoms with Crippen LogP contribution in [0.4, 0.5) is 0 Å². The summed E-state index contributed by atoms with van der Waals surface area (Å²) in [7, 11) is 0. The van der Waals surface area contributed by atoms with Crippen molar-refractivity contribution in [3.05, 3.63) is 69.2 Å². The Morgan fingerprint density at radius 2 is 1.96 bits per heavy atom. The molecule has 0 bridgehead atoms. The Morgan fingerprint density at radius 3 is 2.71 bits per heavy atom. The molecule has 0 aromatic heterocycles. The van der Waals surface area contributed by atoms with Crippen molar-refractivity contribution in [2.24, 2.45) is 0 Å². The van der Waals surface area contributed by atoms with E-state index >= 15 is 0 Å². The Morgan fingerprint density at radius 1 is 1.21 bits per heavy atom. The van der Waals surface area contributed by atoms with E-state index in [1.165, 1.54) is 16.0 Å². The number of nitrogens with one attached hydrogen (secondary N) is 2. The number of hydrogen-bond acceptors (Lipinski definition) is 1. The molecule has 1 unspecified atom stereocenters. The first kappa shape index (κ1) is 17.3. The fourth-order valence-electron chi connectivity index (χ4n) is 3.24. The van der Waals surface area contributed by atoms with Gasteiger partial charge in [0.05, 0.1) is 12.6 Å². The van der Waals surface area contributed by atoms with Crippen LogP contribution in [0.5, 0.6) is 0 Å². The van der Waals surface area contributed by atoms with Crippen LogP contribution in [-0.4, -0.2) is 19.0 Å². The molecule has 0 saturated heterocycles. The monoisotopic (exact) mass is 363 g/mol. The SMILES string of the molecule is C[C@@H](NC(=O)C[NH+]1CCc2ccccc2C1)c1ccc(Cl)cc1Cl. The average molecular weight is 364 g/mol. The van der Waals surface area contributed by atoms with Crippen LogP contribution in [0.2, 0.25) is 10.0 Å². The van der Waals surface area contributed by atoms with Gasteiger partial charge in [-0.15, -0.1) is 0 Å². The van der Waals surface area contributed by atoms with Gasteiger partial charge in [0.25, 0.3) is 5.91 Å². The fourth-order valence-corrected chi connectivity index (χ4v) is 3.82. The summed E-state index contributed by atoms with van der Waals surface area (Å²) in [4.78, 5) is 13.7. The molecule has 0 radical (unpaired) electrons. The molecule has 3 rings (SSSR count). The molecular formula is C19H21Cl2N2O+. The number of benzene rings is 2. The smallest absolute Gasteiger partial charge is 0.275 e. The summed E-state index contributed by atoms with van der Waals surface area (Å²) < 4.78 is 0. The highest BCUT2D eigenvalue weighted by Gasteiger charge is 2.22. The zero-order valence-electron chi connectivity index (χ0n) is 13.6. The standard InChI is InChI=1S/C19H20Cl2N2O/c1-13(17-7-6-16(20)10-18(17)21)22-19(24)12-23-9-8-14-4-2-3-5-15(14)11-23/h2-7,10,13H,8-9,11-12H2,1H3,(H,22,24)/p+1/t13-/m1/s1. The minimum absolute atomic E-state index is 0.0443. The molecule has 1 heterocycles. The molecule has 2 aromatic carbocycles. The summed E-state index contributed by atoms with van der Waals surface area (Å²) >= 11 is 12.1. The molecule has 2 aromatic rings. The van der Waals surface area contributed by atoms with Crippen LogP contribution in [0.1, 0.15) is 29.7 Å². The van der Waals surface area contributed by atoms with Crippen LogP contribution in [-0.2, 0) is 17.8 Å². The second-order valence-electron chi connectivity index (χ2n) is 6.33. The van der Waals surface area contributed by atoms with Crippen molar-refractivity contribution in [2.75, 3.05) is 13.1 Å². The summed E-state index contributed by atoms with van der Waals surface area (Å²) in [5.74, 6) is 0.0443. The zero-order chi connectivity index (χ0) is 17.1. The number of rotatable bonds is 4. The van der Waals surface area contributed by atoms with Gasteiger partial charge in [0.1, 0.15) is 6.54 Å². The van der Waals surface area contributed by atoms with Gasteiger partial charge in [0, 0.05) is 22.0 Å². The molecule has 2 atom stereocenters. The van der Waals surface area contributed by atoms with Crippen molar-refractivity contribution in [3.8, 4) is 0 Å². The van der Waals surface area contributed by atoms with Crippen molar-refractivity contribution in [1.29, 1.82) is 0 Å². The van der Waals surface area contributed by atoms with Crippen LogP contribution in [0.25, 0.3) is 0 Å². The van der Waals surface area contributed by atoms with E-state index in [-0.39, 0.29) is 11.9 Å². The molecular weight excluding hydrogens is 343 g/mol. The third kappa shape index (κ3) is 4.10. The van der Waals surface area contributed by atoms with Gasteiger partial charge in [-0.2, -0.15) is 0 Å². The number of halogens is 2. The number of hydrogen-bond donors (Lipinski definition) is 2. The summed E-state index contributed by atoms with van der Waals surface area (Å²) in [5, 5.41) is 4.21. The van der Waals surface area contributed by atoms with Crippen LogP contribution in [0.3, 0.4) is 0 Å². The van der Waals surface area contributed by atoms with Crippen LogP contribution >= 0.6 is 23.2 Å². The first-order valence-corrected chi connectivity index (χ1v) is 8.93. The van der Waals surface area contributed by atoms with E-state index < -0.39 is 0 Å². The number of carbonyl (C=O) groups excluding carboxylic acids is 1. The number of fused-ring (bicyclic) bond motifs is 1. The quantitative estimate of drug-likeness (QED) is 0.860. The van der Waals surface area contributed by atoms with E-state index in [9.17, 15) is 4.79 Å². The molecule has 0 spiro atoms. The van der Waals surface area contributed by atoms with Crippen molar-refractivity contribution >= 4 is 29.1 Å². The van der Waals surface area contributed by atoms with Crippen LogP contribution in [0, 0.1) is 0 Å². The van der Waals surface area contributed by atoms with E-state index in [1.807, 2.05) is 13.0 Å². The van der Waals surface area contributed by atoms with Gasteiger partial charge in [-0.3, -0.25) is 4.79 Å². The first-order chi connectivity index (χ1) is 11.5. The predicted molar refractivity (Wildman–Crippen MR) is 97.6 cm³/mol. The summed E-state index contributed by atoms with van der Waals surface area (Å²) in [6.07, 6.45) is 1.03. The van der Waals surface area contributed by atoms with Gasteiger partial charge < -0.3 is 10.2 Å². The number of quaternary nitrogens is 1. The summed E-state index contributed by atoms with van der Waals surface area (Å²) in [6, 6.07) is 13.7. The Balaban J connectivity index is 1.58. The predicted octanol–water partition coefficient (Wildman–Crippen LogP) is 2.81. The molecule has 0 fully saturated rings. The maximum absolute atomic E-state index is 12.4. The molecule has 2 N–H and O–H groups in total. The number of amides is 1. The minimum atomic E-state index is -0.140. The highest BCUT2D eigenvalue weighted by atomic mass is 35.5. The lowest BCUT2D eigenvalue weighted by atomic mass is 10.00. The maximum Gasteiger partial charge on any atom is 0.275 e. The van der Waals surface area contributed by atoms with Gasteiger partial charge in [-0.05, 0) is 30.2 Å². The van der Waals surface area contributed by atoms with Gasteiger partial charge in [0.2, 0.25) is 0 Å². The molecule has 1 aliphatic rings.